The molecule has 0 aromatic carbocycles. The van der Waals surface area contributed by atoms with Crippen LogP contribution in [0.2, 0.25) is 0 Å². The van der Waals surface area contributed by atoms with E-state index < -0.39 is 0 Å². The van der Waals surface area contributed by atoms with Gasteiger partial charge in [-0.05, 0) is 71.5 Å². The Morgan fingerprint density at radius 2 is 2.24 bits per heavy atom. The zero-order chi connectivity index (χ0) is 14.9. The van der Waals surface area contributed by atoms with Gasteiger partial charge in [-0.3, -0.25) is 9.69 Å². The van der Waals surface area contributed by atoms with Gasteiger partial charge in [0.15, 0.2) is 0 Å². The highest BCUT2D eigenvalue weighted by atomic mass is 16.2. The van der Waals surface area contributed by atoms with Crippen molar-refractivity contribution in [3.8, 4) is 0 Å². The lowest BCUT2D eigenvalue weighted by Crippen LogP contribution is -2.41. The molecule has 0 bridgehead atoms. The monoisotopic (exact) mass is 293 g/mol. The van der Waals surface area contributed by atoms with Crippen molar-refractivity contribution in [1.29, 1.82) is 0 Å². The third-order valence-corrected chi connectivity index (χ3v) is 4.71. The Morgan fingerprint density at radius 1 is 1.33 bits per heavy atom. The fourth-order valence-electron chi connectivity index (χ4n) is 3.35. The minimum absolute atomic E-state index is 0.172. The van der Waals surface area contributed by atoms with E-state index in [9.17, 15) is 4.79 Å². The van der Waals surface area contributed by atoms with Gasteiger partial charge in [-0.15, -0.1) is 0 Å². The minimum atomic E-state index is 0.172. The molecule has 4 nitrogen and oxygen atoms in total. The summed E-state index contributed by atoms with van der Waals surface area (Å²) in [4.78, 5) is 14.3. The van der Waals surface area contributed by atoms with E-state index in [1.807, 2.05) is 0 Å². The van der Waals surface area contributed by atoms with Crippen LogP contribution in [0.1, 0.15) is 51.4 Å². The molecule has 1 aliphatic carbocycles. The van der Waals surface area contributed by atoms with E-state index in [0.29, 0.717) is 12.6 Å². The number of carbonyl (C=O) groups excluding carboxylic acids is 1. The summed E-state index contributed by atoms with van der Waals surface area (Å²) in [6.45, 7) is 3.52. The first kappa shape index (κ1) is 16.5. The molecule has 1 heterocycles. The lowest BCUT2D eigenvalue weighted by atomic mass is 9.97. The van der Waals surface area contributed by atoms with Crippen LogP contribution in [0.4, 0.5) is 0 Å². The Labute approximate surface area is 129 Å². The number of amides is 1. The molecule has 2 rings (SSSR count). The molecule has 1 aliphatic heterocycles. The van der Waals surface area contributed by atoms with E-state index >= 15 is 0 Å². The Bertz CT molecular complexity index is 346. The number of allylic oxidation sites excluding steroid dienone is 1. The van der Waals surface area contributed by atoms with Gasteiger partial charge in [-0.25, -0.2) is 0 Å². The predicted molar refractivity (Wildman–Crippen MR) is 87.3 cm³/mol. The molecule has 2 N–H and O–H groups in total. The molecule has 4 heteroatoms. The zero-order valence-corrected chi connectivity index (χ0v) is 13.5. The van der Waals surface area contributed by atoms with Crippen LogP contribution in [0.3, 0.4) is 0 Å². The van der Waals surface area contributed by atoms with Gasteiger partial charge in [-0.1, -0.05) is 11.6 Å². The van der Waals surface area contributed by atoms with E-state index in [-0.39, 0.29) is 5.91 Å². The highest BCUT2D eigenvalue weighted by Crippen LogP contribution is 2.19. The second kappa shape index (κ2) is 9.21. The molecule has 1 amide bonds. The number of carbonyl (C=O) groups is 1. The van der Waals surface area contributed by atoms with E-state index in [2.05, 4.69) is 28.7 Å². The predicted octanol–water partition coefficient (Wildman–Crippen LogP) is 2.07. The molecule has 0 radical (unpaired) electrons. The lowest BCUT2D eigenvalue weighted by molar-refractivity contribution is -0.122. The van der Waals surface area contributed by atoms with Crippen LogP contribution < -0.4 is 10.6 Å². The largest absolute Gasteiger partial charge is 0.355 e. The molecule has 2 aliphatic rings. The van der Waals surface area contributed by atoms with Crippen molar-refractivity contribution >= 4 is 5.91 Å². The minimum Gasteiger partial charge on any atom is -0.355 e. The molecule has 1 unspecified atom stereocenters. The smallest absolute Gasteiger partial charge is 0.234 e. The van der Waals surface area contributed by atoms with Gasteiger partial charge in [0.25, 0.3) is 0 Å². The first-order valence-corrected chi connectivity index (χ1v) is 8.61. The van der Waals surface area contributed by atoms with Crippen LogP contribution in [0.25, 0.3) is 0 Å². The molecule has 0 aromatic heterocycles. The molecule has 0 aromatic rings. The van der Waals surface area contributed by atoms with Gasteiger partial charge in [-0.2, -0.15) is 0 Å². The maximum Gasteiger partial charge on any atom is 0.234 e. The Hall–Kier alpha value is -0.870. The fourth-order valence-corrected chi connectivity index (χ4v) is 3.35. The summed E-state index contributed by atoms with van der Waals surface area (Å²) in [6, 6.07) is 0.548. The summed E-state index contributed by atoms with van der Waals surface area (Å²) in [5, 5.41) is 6.50. The van der Waals surface area contributed by atoms with Gasteiger partial charge < -0.3 is 10.6 Å². The first-order valence-electron chi connectivity index (χ1n) is 8.61. The van der Waals surface area contributed by atoms with Crippen molar-refractivity contribution in [2.24, 2.45) is 0 Å². The van der Waals surface area contributed by atoms with Crippen molar-refractivity contribution in [2.75, 3.05) is 33.2 Å². The van der Waals surface area contributed by atoms with Crippen LogP contribution in [-0.4, -0.2) is 50.1 Å². The summed E-state index contributed by atoms with van der Waals surface area (Å²) in [5.74, 6) is 0.172. The van der Waals surface area contributed by atoms with Crippen LogP contribution in [0, 0.1) is 0 Å². The van der Waals surface area contributed by atoms with Crippen LogP contribution in [0.15, 0.2) is 11.6 Å². The van der Waals surface area contributed by atoms with Gasteiger partial charge in [0.1, 0.15) is 0 Å². The standard InChI is InChI=1S/C17H31N3O/c1-20(16-8-5-11-18-12-10-16)14-17(21)19-13-9-15-6-3-2-4-7-15/h6,16,18H,2-5,7-14H2,1H3,(H,19,21). The molecule has 1 saturated heterocycles. The van der Waals surface area contributed by atoms with Gasteiger partial charge in [0.2, 0.25) is 5.91 Å². The maximum absolute atomic E-state index is 12.0. The number of nitrogens with zero attached hydrogens (tertiary/aromatic N) is 1. The normalized spacial score (nSPS) is 23.5. The lowest BCUT2D eigenvalue weighted by Gasteiger charge is -2.26. The molecule has 1 fully saturated rings. The molecule has 0 spiro atoms. The average Bonchev–Trinajstić information content (AvgIpc) is 2.77. The quantitative estimate of drug-likeness (QED) is 0.737. The van der Waals surface area contributed by atoms with Crippen molar-refractivity contribution < 1.29 is 4.79 Å². The van der Waals surface area contributed by atoms with Crippen molar-refractivity contribution in [3.63, 3.8) is 0 Å². The van der Waals surface area contributed by atoms with Crippen LogP contribution in [-0.2, 0) is 4.79 Å². The Kier molecular flexibility index (Phi) is 7.24. The fraction of sp³-hybridized carbons (Fsp3) is 0.824. The SMILES string of the molecule is CN(CC(=O)NCCC1=CCCCC1)C1CCCNCC1. The zero-order valence-electron chi connectivity index (χ0n) is 13.5. The van der Waals surface area contributed by atoms with Crippen LogP contribution in [0.5, 0.6) is 0 Å². The number of rotatable bonds is 6. The van der Waals surface area contributed by atoms with Crippen molar-refractivity contribution in [1.82, 2.24) is 15.5 Å². The molecular weight excluding hydrogens is 262 g/mol. The summed E-state index contributed by atoms with van der Waals surface area (Å²) < 4.78 is 0. The topological polar surface area (TPSA) is 44.4 Å². The van der Waals surface area contributed by atoms with Crippen molar-refractivity contribution in [2.45, 2.75) is 57.4 Å². The molecule has 1 atom stereocenters. The van der Waals surface area contributed by atoms with E-state index in [0.717, 1.165) is 32.5 Å². The summed E-state index contributed by atoms with van der Waals surface area (Å²) >= 11 is 0. The molecular formula is C17H31N3O. The first-order chi connectivity index (χ1) is 10.3. The molecule has 0 saturated carbocycles. The van der Waals surface area contributed by atoms with E-state index in [4.69, 9.17) is 0 Å². The van der Waals surface area contributed by atoms with Crippen molar-refractivity contribution in [3.05, 3.63) is 11.6 Å². The third kappa shape index (κ3) is 6.18. The highest BCUT2D eigenvalue weighted by molar-refractivity contribution is 5.78. The summed E-state index contributed by atoms with van der Waals surface area (Å²) in [7, 11) is 2.08. The second-order valence-corrected chi connectivity index (χ2v) is 6.46. The van der Waals surface area contributed by atoms with Gasteiger partial charge in [0, 0.05) is 12.6 Å². The number of hydrogen-bond acceptors (Lipinski definition) is 3. The Balaban J connectivity index is 1.62. The maximum atomic E-state index is 12.0. The average molecular weight is 293 g/mol. The summed E-state index contributed by atoms with van der Waals surface area (Å²) in [6.07, 6.45) is 12.1. The number of hydrogen-bond donors (Lipinski definition) is 2. The van der Waals surface area contributed by atoms with E-state index in [1.54, 1.807) is 0 Å². The highest BCUT2D eigenvalue weighted by Gasteiger charge is 2.18. The third-order valence-electron chi connectivity index (χ3n) is 4.71. The second-order valence-electron chi connectivity index (χ2n) is 6.46. The summed E-state index contributed by atoms with van der Waals surface area (Å²) in [5.41, 5.74) is 1.53. The Morgan fingerprint density at radius 3 is 3.05 bits per heavy atom. The molecule has 120 valence electrons. The van der Waals surface area contributed by atoms with Gasteiger partial charge >= 0.3 is 0 Å². The number of likely N-dealkylation sites (N-methyl/N-ethyl adjacent to an activating group) is 1. The number of nitrogens with one attached hydrogen (secondary N) is 2. The van der Waals surface area contributed by atoms with E-state index in [1.165, 1.54) is 44.1 Å². The van der Waals surface area contributed by atoms with Crippen LogP contribution >= 0.6 is 0 Å². The van der Waals surface area contributed by atoms with Gasteiger partial charge in [0.05, 0.1) is 6.54 Å². The molecule has 21 heavy (non-hydrogen) atoms.